The Morgan fingerprint density at radius 3 is 2.33 bits per heavy atom. The second kappa shape index (κ2) is 11.2. The van der Waals surface area contributed by atoms with Crippen molar-refractivity contribution < 1.29 is 19.1 Å². The lowest BCUT2D eigenvalue weighted by Crippen LogP contribution is -2.35. The van der Waals surface area contributed by atoms with Gasteiger partial charge in [0.15, 0.2) is 6.61 Å². The van der Waals surface area contributed by atoms with Crippen molar-refractivity contribution in [3.05, 3.63) is 54.1 Å². The minimum absolute atomic E-state index is 0.0529. The summed E-state index contributed by atoms with van der Waals surface area (Å²) in [4.78, 5) is 24.6. The summed E-state index contributed by atoms with van der Waals surface area (Å²) in [6.07, 6.45) is 8.27. The molecule has 2 N–H and O–H groups in total. The van der Waals surface area contributed by atoms with Gasteiger partial charge in [-0.1, -0.05) is 38.2 Å². The second-order valence-corrected chi connectivity index (χ2v) is 7.61. The molecule has 1 aliphatic carbocycles. The molecular formula is C24H30N2O4. The third-order valence-corrected chi connectivity index (χ3v) is 5.28. The van der Waals surface area contributed by atoms with Gasteiger partial charge < -0.3 is 20.1 Å². The molecule has 2 aromatic rings. The number of rotatable bonds is 7. The van der Waals surface area contributed by atoms with Crippen LogP contribution in [0.25, 0.3) is 0 Å². The fraction of sp³-hybridized carbons (Fsp3) is 0.417. The molecule has 0 unspecified atom stereocenters. The Morgan fingerprint density at radius 2 is 1.63 bits per heavy atom. The lowest BCUT2D eigenvalue weighted by molar-refractivity contribution is -0.118. The van der Waals surface area contributed by atoms with E-state index in [1.807, 2.05) is 0 Å². The van der Waals surface area contributed by atoms with Gasteiger partial charge in [0, 0.05) is 23.4 Å². The molecule has 1 saturated carbocycles. The van der Waals surface area contributed by atoms with Gasteiger partial charge in [-0.3, -0.25) is 9.59 Å². The molecule has 6 nitrogen and oxygen atoms in total. The van der Waals surface area contributed by atoms with E-state index in [4.69, 9.17) is 9.47 Å². The van der Waals surface area contributed by atoms with Crippen LogP contribution in [0.3, 0.4) is 0 Å². The molecule has 0 radical (unpaired) electrons. The van der Waals surface area contributed by atoms with E-state index in [2.05, 4.69) is 10.6 Å². The van der Waals surface area contributed by atoms with Crippen LogP contribution in [0.1, 0.15) is 55.3 Å². The predicted molar refractivity (Wildman–Crippen MR) is 117 cm³/mol. The molecule has 1 aliphatic rings. The SMILES string of the molecule is COc1cccc(NC(=O)COc2ccc(C(=O)NC3CCCCCCC3)cc2)c1. The highest BCUT2D eigenvalue weighted by Crippen LogP contribution is 2.19. The number of carbonyl (C=O) groups is 2. The molecule has 1 fully saturated rings. The van der Waals surface area contributed by atoms with Crippen LogP contribution in [0, 0.1) is 0 Å². The third-order valence-electron chi connectivity index (χ3n) is 5.28. The van der Waals surface area contributed by atoms with Crippen LogP contribution in [0.15, 0.2) is 48.5 Å². The summed E-state index contributed by atoms with van der Waals surface area (Å²) in [6.45, 7) is -0.120. The fourth-order valence-corrected chi connectivity index (χ4v) is 3.62. The quantitative estimate of drug-likeness (QED) is 0.702. The Bertz CT molecular complexity index is 827. The molecule has 30 heavy (non-hydrogen) atoms. The van der Waals surface area contributed by atoms with Crippen molar-refractivity contribution in [2.45, 2.75) is 51.0 Å². The smallest absolute Gasteiger partial charge is 0.262 e. The Balaban J connectivity index is 1.46. The Kier molecular flexibility index (Phi) is 8.12. The largest absolute Gasteiger partial charge is 0.497 e. The van der Waals surface area contributed by atoms with E-state index >= 15 is 0 Å². The van der Waals surface area contributed by atoms with E-state index < -0.39 is 0 Å². The molecule has 6 heteroatoms. The summed E-state index contributed by atoms with van der Waals surface area (Å²) in [5.74, 6) is 0.887. The number of hydrogen-bond donors (Lipinski definition) is 2. The zero-order valence-corrected chi connectivity index (χ0v) is 17.5. The van der Waals surface area contributed by atoms with Crippen molar-refractivity contribution >= 4 is 17.5 Å². The van der Waals surface area contributed by atoms with Crippen LogP contribution >= 0.6 is 0 Å². The first-order valence-corrected chi connectivity index (χ1v) is 10.6. The Labute approximate surface area is 178 Å². The van der Waals surface area contributed by atoms with Crippen molar-refractivity contribution in [2.75, 3.05) is 19.0 Å². The van der Waals surface area contributed by atoms with Crippen LogP contribution in [-0.4, -0.2) is 31.6 Å². The average molecular weight is 411 g/mol. The Hall–Kier alpha value is -3.02. The van der Waals surface area contributed by atoms with Gasteiger partial charge in [-0.25, -0.2) is 0 Å². The van der Waals surface area contributed by atoms with Crippen molar-refractivity contribution in [1.29, 1.82) is 0 Å². The minimum Gasteiger partial charge on any atom is -0.497 e. The topological polar surface area (TPSA) is 76.7 Å². The van der Waals surface area contributed by atoms with Gasteiger partial charge >= 0.3 is 0 Å². The van der Waals surface area contributed by atoms with Gasteiger partial charge in [0.05, 0.1) is 7.11 Å². The number of anilines is 1. The fourth-order valence-electron chi connectivity index (χ4n) is 3.62. The molecule has 160 valence electrons. The highest BCUT2D eigenvalue weighted by molar-refractivity contribution is 5.94. The maximum Gasteiger partial charge on any atom is 0.262 e. The summed E-state index contributed by atoms with van der Waals surface area (Å²) in [7, 11) is 1.58. The van der Waals surface area contributed by atoms with E-state index in [0.717, 1.165) is 12.8 Å². The van der Waals surface area contributed by atoms with Gasteiger partial charge in [0.25, 0.3) is 11.8 Å². The van der Waals surface area contributed by atoms with Gasteiger partial charge in [-0.15, -0.1) is 0 Å². The first-order chi connectivity index (χ1) is 14.6. The lowest BCUT2D eigenvalue weighted by atomic mass is 9.96. The van der Waals surface area contributed by atoms with Crippen molar-refractivity contribution in [3.63, 3.8) is 0 Å². The molecule has 0 heterocycles. The maximum absolute atomic E-state index is 12.5. The van der Waals surface area contributed by atoms with Gasteiger partial charge in [-0.2, -0.15) is 0 Å². The molecule has 0 aromatic heterocycles. The normalized spacial score (nSPS) is 14.8. The monoisotopic (exact) mass is 410 g/mol. The molecule has 3 rings (SSSR count). The lowest BCUT2D eigenvalue weighted by Gasteiger charge is -2.21. The zero-order valence-electron chi connectivity index (χ0n) is 17.5. The molecule has 2 amide bonds. The Morgan fingerprint density at radius 1 is 0.933 bits per heavy atom. The average Bonchev–Trinajstić information content (AvgIpc) is 2.74. The number of benzene rings is 2. The van der Waals surface area contributed by atoms with Crippen molar-refractivity contribution in [1.82, 2.24) is 5.32 Å². The summed E-state index contributed by atoms with van der Waals surface area (Å²) < 4.78 is 10.7. The first kappa shape index (κ1) is 21.7. The third kappa shape index (κ3) is 6.79. The summed E-state index contributed by atoms with van der Waals surface area (Å²) >= 11 is 0. The molecule has 0 bridgehead atoms. The number of hydrogen-bond acceptors (Lipinski definition) is 4. The highest BCUT2D eigenvalue weighted by atomic mass is 16.5. The molecular weight excluding hydrogens is 380 g/mol. The predicted octanol–water partition coefficient (Wildman–Crippen LogP) is 4.56. The number of carbonyl (C=O) groups excluding carboxylic acids is 2. The number of ether oxygens (including phenoxy) is 2. The zero-order chi connectivity index (χ0) is 21.2. The molecule has 0 spiro atoms. The van der Waals surface area contributed by atoms with Gasteiger partial charge in [0.1, 0.15) is 11.5 Å². The van der Waals surface area contributed by atoms with Crippen molar-refractivity contribution in [2.24, 2.45) is 0 Å². The van der Waals surface area contributed by atoms with E-state index in [0.29, 0.717) is 22.7 Å². The highest BCUT2D eigenvalue weighted by Gasteiger charge is 2.15. The van der Waals surface area contributed by atoms with E-state index in [-0.39, 0.29) is 24.5 Å². The summed E-state index contributed by atoms with van der Waals surface area (Å²) in [6, 6.07) is 14.3. The molecule has 2 aromatic carbocycles. The van der Waals surface area contributed by atoms with Crippen LogP contribution < -0.4 is 20.1 Å². The van der Waals surface area contributed by atoms with Gasteiger partial charge in [0.2, 0.25) is 0 Å². The maximum atomic E-state index is 12.5. The van der Waals surface area contributed by atoms with Crippen molar-refractivity contribution in [3.8, 4) is 11.5 Å². The summed E-state index contributed by atoms with van der Waals surface area (Å²) in [5, 5.41) is 5.92. The van der Waals surface area contributed by atoms with E-state index in [1.54, 1.807) is 55.6 Å². The van der Waals surface area contributed by atoms with Crippen LogP contribution in [-0.2, 0) is 4.79 Å². The molecule has 0 aliphatic heterocycles. The van der Waals surface area contributed by atoms with Gasteiger partial charge in [-0.05, 0) is 49.2 Å². The number of amides is 2. The minimum atomic E-state index is -0.269. The number of methoxy groups -OCH3 is 1. The molecule has 0 atom stereocenters. The van der Waals surface area contributed by atoms with E-state index in [9.17, 15) is 9.59 Å². The molecule has 0 saturated heterocycles. The van der Waals surface area contributed by atoms with Crippen LogP contribution in [0.2, 0.25) is 0 Å². The standard InChI is InChI=1S/C24H30N2O4/c1-29-22-11-7-10-20(16-22)25-23(27)17-30-21-14-12-18(13-15-21)24(28)26-19-8-5-3-2-4-6-9-19/h7,10-16,19H,2-6,8-9,17H2,1H3,(H,25,27)(H,26,28). The van der Waals surface area contributed by atoms with E-state index in [1.165, 1.54) is 32.1 Å². The van der Waals surface area contributed by atoms with Crippen LogP contribution in [0.4, 0.5) is 5.69 Å². The summed E-state index contributed by atoms with van der Waals surface area (Å²) in [5.41, 5.74) is 1.24. The number of nitrogens with one attached hydrogen (secondary N) is 2. The first-order valence-electron chi connectivity index (χ1n) is 10.6. The second-order valence-electron chi connectivity index (χ2n) is 7.61. The van der Waals surface area contributed by atoms with Crippen LogP contribution in [0.5, 0.6) is 11.5 Å².